The molecule has 166 valence electrons. The standard InChI is InChI=1S/C22H19ClN2O7/c1-30-17-9-18(31-2)16(8-15(17)23)24-10-12(7-19(24)26)22(29)32-11-25-20(27)13-5-3-4-6-14(13)21(25)28/h3-6,8-9,12H,7,10-11H2,1-2H3. The van der Waals surface area contributed by atoms with Crippen LogP contribution < -0.4 is 14.4 Å². The van der Waals surface area contributed by atoms with Gasteiger partial charge in [-0.25, -0.2) is 4.90 Å². The Morgan fingerprint density at radius 2 is 1.66 bits per heavy atom. The van der Waals surface area contributed by atoms with E-state index in [9.17, 15) is 19.2 Å². The Kier molecular flexibility index (Phi) is 5.75. The van der Waals surface area contributed by atoms with Crippen LogP contribution in [0.15, 0.2) is 36.4 Å². The zero-order valence-electron chi connectivity index (χ0n) is 17.3. The molecular formula is C22H19ClN2O7. The molecule has 4 rings (SSSR count). The number of anilines is 1. The number of benzene rings is 2. The zero-order valence-corrected chi connectivity index (χ0v) is 18.0. The highest BCUT2D eigenvalue weighted by Gasteiger charge is 2.40. The van der Waals surface area contributed by atoms with Gasteiger partial charge in [0, 0.05) is 19.0 Å². The number of hydrogen-bond acceptors (Lipinski definition) is 7. The highest BCUT2D eigenvalue weighted by atomic mass is 35.5. The van der Waals surface area contributed by atoms with Crippen molar-refractivity contribution in [3.05, 3.63) is 52.5 Å². The van der Waals surface area contributed by atoms with Crippen LogP contribution in [0.25, 0.3) is 0 Å². The minimum absolute atomic E-state index is 0.0405. The maximum Gasteiger partial charge on any atom is 0.313 e. The van der Waals surface area contributed by atoms with Gasteiger partial charge in [0.25, 0.3) is 11.8 Å². The van der Waals surface area contributed by atoms with Crippen molar-refractivity contribution in [2.75, 3.05) is 32.4 Å². The molecule has 1 unspecified atom stereocenters. The van der Waals surface area contributed by atoms with Crippen LogP contribution in [0.4, 0.5) is 5.69 Å². The summed E-state index contributed by atoms with van der Waals surface area (Å²) in [5.41, 5.74) is 0.928. The van der Waals surface area contributed by atoms with Crippen LogP contribution in [-0.2, 0) is 14.3 Å². The summed E-state index contributed by atoms with van der Waals surface area (Å²) in [5, 5.41) is 0.285. The van der Waals surface area contributed by atoms with Crippen molar-refractivity contribution >= 4 is 41.0 Å². The van der Waals surface area contributed by atoms with Gasteiger partial charge in [-0.2, -0.15) is 0 Å². The van der Waals surface area contributed by atoms with E-state index >= 15 is 0 Å². The van der Waals surface area contributed by atoms with Crippen molar-refractivity contribution in [2.24, 2.45) is 5.92 Å². The number of halogens is 1. The van der Waals surface area contributed by atoms with Crippen LogP contribution in [0.5, 0.6) is 11.5 Å². The number of methoxy groups -OCH3 is 2. The van der Waals surface area contributed by atoms with Crippen molar-refractivity contribution in [1.29, 1.82) is 0 Å². The number of ether oxygens (including phenoxy) is 3. The Balaban J connectivity index is 1.44. The summed E-state index contributed by atoms with van der Waals surface area (Å²) in [5.74, 6) is -2.08. The Bertz CT molecular complexity index is 1100. The molecule has 0 radical (unpaired) electrons. The van der Waals surface area contributed by atoms with Gasteiger partial charge in [0.1, 0.15) is 11.5 Å². The molecule has 2 aromatic rings. The molecule has 0 saturated carbocycles. The number of fused-ring (bicyclic) bond motifs is 1. The van der Waals surface area contributed by atoms with E-state index in [0.29, 0.717) is 17.2 Å². The molecule has 9 nitrogen and oxygen atoms in total. The van der Waals surface area contributed by atoms with E-state index in [-0.39, 0.29) is 35.0 Å². The molecule has 2 aromatic carbocycles. The summed E-state index contributed by atoms with van der Waals surface area (Å²) in [6.45, 7) is -0.480. The van der Waals surface area contributed by atoms with Gasteiger partial charge in [0.05, 0.1) is 42.0 Å². The first kappa shape index (κ1) is 21.6. The number of rotatable bonds is 6. The SMILES string of the molecule is COc1cc(OC)c(N2CC(C(=O)OCN3C(=O)c4ccccc4C3=O)CC2=O)cc1Cl. The minimum Gasteiger partial charge on any atom is -0.495 e. The molecular weight excluding hydrogens is 440 g/mol. The topological polar surface area (TPSA) is 102 Å². The van der Waals surface area contributed by atoms with Gasteiger partial charge in [0.15, 0.2) is 6.73 Å². The summed E-state index contributed by atoms with van der Waals surface area (Å²) in [6, 6.07) is 9.47. The van der Waals surface area contributed by atoms with E-state index in [0.717, 1.165) is 4.90 Å². The average molecular weight is 459 g/mol. The first-order chi connectivity index (χ1) is 15.3. The molecule has 1 fully saturated rings. The molecule has 3 amide bonds. The van der Waals surface area contributed by atoms with Gasteiger partial charge in [0.2, 0.25) is 5.91 Å². The van der Waals surface area contributed by atoms with Crippen LogP contribution in [0.3, 0.4) is 0 Å². The van der Waals surface area contributed by atoms with Crippen molar-refractivity contribution < 1.29 is 33.4 Å². The monoisotopic (exact) mass is 458 g/mol. The van der Waals surface area contributed by atoms with Crippen LogP contribution in [0.2, 0.25) is 5.02 Å². The molecule has 1 saturated heterocycles. The number of amides is 3. The normalized spacial score (nSPS) is 17.6. The smallest absolute Gasteiger partial charge is 0.313 e. The molecule has 2 aliphatic rings. The summed E-state index contributed by atoms with van der Waals surface area (Å²) in [4.78, 5) is 52.3. The molecule has 0 spiro atoms. The zero-order chi connectivity index (χ0) is 23.0. The predicted molar refractivity (Wildman–Crippen MR) is 113 cm³/mol. The predicted octanol–water partition coefficient (Wildman–Crippen LogP) is 2.51. The maximum atomic E-state index is 12.6. The Morgan fingerprint density at radius 3 is 2.25 bits per heavy atom. The second-order valence-electron chi connectivity index (χ2n) is 7.24. The van der Waals surface area contributed by atoms with Crippen molar-refractivity contribution in [3.63, 3.8) is 0 Å². The van der Waals surface area contributed by atoms with Crippen molar-refractivity contribution in [2.45, 2.75) is 6.42 Å². The third kappa shape index (κ3) is 3.64. The number of carbonyl (C=O) groups is 4. The van der Waals surface area contributed by atoms with E-state index in [2.05, 4.69) is 0 Å². The third-order valence-corrected chi connectivity index (χ3v) is 5.71. The van der Waals surface area contributed by atoms with E-state index in [1.165, 1.54) is 37.3 Å². The van der Waals surface area contributed by atoms with Crippen LogP contribution in [0, 0.1) is 5.92 Å². The molecule has 0 N–H and O–H groups in total. The maximum absolute atomic E-state index is 12.6. The first-order valence-corrected chi connectivity index (χ1v) is 10.1. The summed E-state index contributed by atoms with van der Waals surface area (Å²) in [6.07, 6.45) is -0.0895. The van der Waals surface area contributed by atoms with E-state index < -0.39 is 30.4 Å². The average Bonchev–Trinajstić information content (AvgIpc) is 3.30. The third-order valence-electron chi connectivity index (χ3n) is 5.42. The van der Waals surface area contributed by atoms with Crippen molar-refractivity contribution in [3.8, 4) is 11.5 Å². The molecule has 1 atom stereocenters. The molecule has 0 aliphatic carbocycles. The van der Waals surface area contributed by atoms with Crippen LogP contribution in [0.1, 0.15) is 27.1 Å². The van der Waals surface area contributed by atoms with Gasteiger partial charge in [-0.3, -0.25) is 19.2 Å². The first-order valence-electron chi connectivity index (χ1n) is 9.69. The van der Waals surface area contributed by atoms with E-state index in [1.54, 1.807) is 18.2 Å². The Morgan fingerprint density at radius 1 is 1.03 bits per heavy atom. The largest absolute Gasteiger partial charge is 0.495 e. The molecule has 32 heavy (non-hydrogen) atoms. The van der Waals surface area contributed by atoms with Gasteiger partial charge >= 0.3 is 5.97 Å². The fraction of sp³-hybridized carbons (Fsp3) is 0.273. The Hall–Kier alpha value is -3.59. The molecule has 10 heteroatoms. The van der Waals surface area contributed by atoms with Crippen LogP contribution >= 0.6 is 11.6 Å². The number of esters is 1. The fourth-order valence-electron chi connectivity index (χ4n) is 3.76. The van der Waals surface area contributed by atoms with Gasteiger partial charge in [-0.1, -0.05) is 23.7 Å². The van der Waals surface area contributed by atoms with Gasteiger partial charge in [-0.05, 0) is 18.2 Å². The van der Waals surface area contributed by atoms with Gasteiger partial charge in [-0.15, -0.1) is 0 Å². The number of imide groups is 1. The lowest BCUT2D eigenvalue weighted by Crippen LogP contribution is -2.35. The number of nitrogens with zero attached hydrogens (tertiary/aromatic N) is 2. The highest BCUT2D eigenvalue weighted by molar-refractivity contribution is 6.32. The number of hydrogen-bond donors (Lipinski definition) is 0. The summed E-state index contributed by atoms with van der Waals surface area (Å²) in [7, 11) is 2.91. The van der Waals surface area contributed by atoms with Crippen LogP contribution in [-0.4, -0.2) is 56.1 Å². The van der Waals surface area contributed by atoms with E-state index in [1.807, 2.05) is 0 Å². The van der Waals surface area contributed by atoms with Crippen molar-refractivity contribution in [1.82, 2.24) is 4.90 Å². The molecule has 0 bridgehead atoms. The molecule has 0 aromatic heterocycles. The lowest BCUT2D eigenvalue weighted by Gasteiger charge is -2.21. The summed E-state index contributed by atoms with van der Waals surface area (Å²) < 4.78 is 15.7. The number of carbonyl (C=O) groups excluding carboxylic acids is 4. The Labute approximate surface area is 188 Å². The highest BCUT2D eigenvalue weighted by Crippen LogP contribution is 2.40. The second kappa shape index (κ2) is 8.51. The lowest BCUT2D eigenvalue weighted by molar-refractivity contribution is -0.151. The fourth-order valence-corrected chi connectivity index (χ4v) is 3.99. The lowest BCUT2D eigenvalue weighted by atomic mass is 10.1. The quantitative estimate of drug-likeness (QED) is 0.484. The van der Waals surface area contributed by atoms with Gasteiger partial charge < -0.3 is 19.1 Å². The summed E-state index contributed by atoms with van der Waals surface area (Å²) >= 11 is 6.19. The molecule has 2 aliphatic heterocycles. The van der Waals surface area contributed by atoms with E-state index in [4.69, 9.17) is 25.8 Å². The second-order valence-corrected chi connectivity index (χ2v) is 7.65. The minimum atomic E-state index is -0.775. The molecule has 2 heterocycles.